The van der Waals surface area contributed by atoms with Gasteiger partial charge in [-0.2, -0.15) is 0 Å². The number of hydrogen-bond acceptors (Lipinski definition) is 1. The first-order valence-corrected chi connectivity index (χ1v) is 4.54. The van der Waals surface area contributed by atoms with Gasteiger partial charge in [0.15, 0.2) is 0 Å². The number of carboxylic acids is 1. The standard InChI is InChI=1S/C10H18O2/c1-4-8(5-2)7-9(6-3)10(11)12/h6,8H,4-5,7H2,1-3H3,(H,11,12). The summed E-state index contributed by atoms with van der Waals surface area (Å²) in [7, 11) is 0. The van der Waals surface area contributed by atoms with Crippen LogP contribution in [0.15, 0.2) is 11.6 Å². The molecule has 0 aromatic carbocycles. The van der Waals surface area contributed by atoms with Gasteiger partial charge in [-0.15, -0.1) is 0 Å². The lowest BCUT2D eigenvalue weighted by atomic mass is 9.94. The fourth-order valence-electron chi connectivity index (χ4n) is 1.22. The van der Waals surface area contributed by atoms with Crippen LogP contribution in [0, 0.1) is 5.92 Å². The monoisotopic (exact) mass is 170 g/mol. The van der Waals surface area contributed by atoms with Crippen molar-refractivity contribution in [2.75, 3.05) is 0 Å². The predicted octanol–water partition coefficient (Wildman–Crippen LogP) is 2.84. The fraction of sp³-hybridized carbons (Fsp3) is 0.700. The van der Waals surface area contributed by atoms with Crippen LogP contribution >= 0.6 is 0 Å². The Morgan fingerprint density at radius 2 is 1.92 bits per heavy atom. The van der Waals surface area contributed by atoms with E-state index in [9.17, 15) is 4.79 Å². The summed E-state index contributed by atoms with van der Waals surface area (Å²) in [5, 5.41) is 8.74. The topological polar surface area (TPSA) is 37.3 Å². The van der Waals surface area contributed by atoms with E-state index in [1.807, 2.05) is 0 Å². The summed E-state index contributed by atoms with van der Waals surface area (Å²) in [6, 6.07) is 0. The molecule has 0 radical (unpaired) electrons. The second-order valence-electron chi connectivity index (χ2n) is 3.01. The molecular formula is C10H18O2. The van der Waals surface area contributed by atoms with E-state index in [1.54, 1.807) is 13.0 Å². The number of hydrogen-bond donors (Lipinski definition) is 1. The van der Waals surface area contributed by atoms with Gasteiger partial charge in [-0.05, 0) is 19.3 Å². The van der Waals surface area contributed by atoms with Crippen LogP contribution in [-0.2, 0) is 4.79 Å². The predicted molar refractivity (Wildman–Crippen MR) is 50.1 cm³/mol. The molecule has 0 aliphatic carbocycles. The van der Waals surface area contributed by atoms with Gasteiger partial charge in [0.25, 0.3) is 0 Å². The fourth-order valence-corrected chi connectivity index (χ4v) is 1.22. The van der Waals surface area contributed by atoms with Crippen LogP contribution in [0.3, 0.4) is 0 Å². The molecule has 0 heterocycles. The van der Waals surface area contributed by atoms with Gasteiger partial charge in [-0.3, -0.25) is 0 Å². The van der Waals surface area contributed by atoms with Crippen LogP contribution in [0.25, 0.3) is 0 Å². The lowest BCUT2D eigenvalue weighted by molar-refractivity contribution is -0.132. The number of aliphatic carboxylic acids is 1. The smallest absolute Gasteiger partial charge is 0.331 e. The Morgan fingerprint density at radius 3 is 2.17 bits per heavy atom. The largest absolute Gasteiger partial charge is 0.478 e. The zero-order valence-corrected chi connectivity index (χ0v) is 8.13. The summed E-state index contributed by atoms with van der Waals surface area (Å²) in [5.41, 5.74) is 0.545. The highest BCUT2D eigenvalue weighted by Crippen LogP contribution is 2.18. The molecule has 0 aliphatic heterocycles. The quantitative estimate of drug-likeness (QED) is 0.644. The number of rotatable bonds is 5. The van der Waals surface area contributed by atoms with Crippen molar-refractivity contribution in [1.29, 1.82) is 0 Å². The second kappa shape index (κ2) is 5.81. The highest BCUT2D eigenvalue weighted by molar-refractivity contribution is 5.86. The average Bonchev–Trinajstić information content (AvgIpc) is 2.06. The molecule has 2 nitrogen and oxygen atoms in total. The molecule has 0 aromatic rings. The Bertz CT molecular complexity index is 167. The zero-order valence-electron chi connectivity index (χ0n) is 8.13. The molecule has 1 N–H and O–H groups in total. The van der Waals surface area contributed by atoms with E-state index in [0.29, 0.717) is 17.9 Å². The minimum Gasteiger partial charge on any atom is -0.478 e. The summed E-state index contributed by atoms with van der Waals surface area (Å²) in [6.07, 6.45) is 4.52. The number of carbonyl (C=O) groups is 1. The first-order chi connectivity index (χ1) is 5.65. The normalized spacial score (nSPS) is 12.2. The molecular weight excluding hydrogens is 152 g/mol. The van der Waals surface area contributed by atoms with Crippen molar-refractivity contribution in [2.45, 2.75) is 40.0 Å². The summed E-state index contributed by atoms with van der Waals surface area (Å²) in [4.78, 5) is 10.6. The molecule has 0 spiro atoms. The van der Waals surface area contributed by atoms with E-state index in [1.165, 1.54) is 0 Å². The maximum atomic E-state index is 10.6. The van der Waals surface area contributed by atoms with Crippen molar-refractivity contribution in [3.05, 3.63) is 11.6 Å². The van der Waals surface area contributed by atoms with Crippen molar-refractivity contribution in [3.63, 3.8) is 0 Å². The molecule has 0 amide bonds. The summed E-state index contributed by atoms with van der Waals surface area (Å²) < 4.78 is 0. The molecule has 70 valence electrons. The van der Waals surface area contributed by atoms with Crippen molar-refractivity contribution in [3.8, 4) is 0 Å². The summed E-state index contributed by atoms with van der Waals surface area (Å²) >= 11 is 0. The van der Waals surface area contributed by atoms with Gasteiger partial charge in [-0.25, -0.2) is 4.79 Å². The van der Waals surface area contributed by atoms with Gasteiger partial charge in [0.05, 0.1) is 0 Å². The number of allylic oxidation sites excluding steroid dienone is 1. The van der Waals surface area contributed by atoms with Crippen LogP contribution < -0.4 is 0 Å². The van der Waals surface area contributed by atoms with Gasteiger partial charge in [-0.1, -0.05) is 32.8 Å². The number of carboxylic acid groups (broad SMARTS) is 1. The zero-order chi connectivity index (χ0) is 9.56. The van der Waals surface area contributed by atoms with Crippen LogP contribution in [0.2, 0.25) is 0 Å². The third-order valence-corrected chi connectivity index (χ3v) is 2.29. The van der Waals surface area contributed by atoms with Gasteiger partial charge >= 0.3 is 5.97 Å². The summed E-state index contributed by atoms with van der Waals surface area (Å²) in [6.45, 7) is 5.98. The molecule has 12 heavy (non-hydrogen) atoms. The van der Waals surface area contributed by atoms with E-state index in [0.717, 1.165) is 12.8 Å². The average molecular weight is 170 g/mol. The first-order valence-electron chi connectivity index (χ1n) is 4.54. The van der Waals surface area contributed by atoms with E-state index in [2.05, 4.69) is 13.8 Å². The molecule has 0 saturated heterocycles. The molecule has 0 fully saturated rings. The Hall–Kier alpha value is -0.790. The van der Waals surface area contributed by atoms with Gasteiger partial charge < -0.3 is 5.11 Å². The lowest BCUT2D eigenvalue weighted by Gasteiger charge is -2.11. The highest BCUT2D eigenvalue weighted by atomic mass is 16.4. The van der Waals surface area contributed by atoms with Crippen molar-refractivity contribution in [2.24, 2.45) is 5.92 Å². The first kappa shape index (κ1) is 11.2. The molecule has 0 bridgehead atoms. The molecule has 0 unspecified atom stereocenters. The Kier molecular flexibility index (Phi) is 5.43. The highest BCUT2D eigenvalue weighted by Gasteiger charge is 2.11. The van der Waals surface area contributed by atoms with Crippen molar-refractivity contribution >= 4 is 5.97 Å². The van der Waals surface area contributed by atoms with E-state index >= 15 is 0 Å². The Morgan fingerprint density at radius 1 is 1.42 bits per heavy atom. The van der Waals surface area contributed by atoms with Crippen LogP contribution in [-0.4, -0.2) is 11.1 Å². The molecule has 0 aromatic heterocycles. The third-order valence-electron chi connectivity index (χ3n) is 2.29. The summed E-state index contributed by atoms with van der Waals surface area (Å²) in [5.74, 6) is -0.253. The molecule has 0 atom stereocenters. The van der Waals surface area contributed by atoms with Crippen LogP contribution in [0.1, 0.15) is 40.0 Å². The van der Waals surface area contributed by atoms with Crippen molar-refractivity contribution in [1.82, 2.24) is 0 Å². The Balaban J connectivity index is 4.11. The minimum absolute atomic E-state index is 0.521. The van der Waals surface area contributed by atoms with Crippen LogP contribution in [0.5, 0.6) is 0 Å². The van der Waals surface area contributed by atoms with E-state index in [-0.39, 0.29) is 0 Å². The van der Waals surface area contributed by atoms with Crippen LogP contribution in [0.4, 0.5) is 0 Å². The maximum absolute atomic E-state index is 10.6. The maximum Gasteiger partial charge on any atom is 0.331 e. The molecule has 0 rings (SSSR count). The molecule has 0 saturated carbocycles. The van der Waals surface area contributed by atoms with E-state index in [4.69, 9.17) is 5.11 Å². The second-order valence-corrected chi connectivity index (χ2v) is 3.01. The molecule has 2 heteroatoms. The molecule has 0 aliphatic rings. The lowest BCUT2D eigenvalue weighted by Crippen LogP contribution is -2.06. The third kappa shape index (κ3) is 3.56. The van der Waals surface area contributed by atoms with Gasteiger partial charge in [0.2, 0.25) is 0 Å². The Labute approximate surface area is 74.3 Å². The SMILES string of the molecule is CC=C(CC(CC)CC)C(=O)O. The van der Waals surface area contributed by atoms with E-state index < -0.39 is 5.97 Å². The van der Waals surface area contributed by atoms with Crippen molar-refractivity contribution < 1.29 is 9.90 Å². The van der Waals surface area contributed by atoms with Gasteiger partial charge in [0.1, 0.15) is 0 Å². The minimum atomic E-state index is -0.774. The van der Waals surface area contributed by atoms with Gasteiger partial charge in [0, 0.05) is 5.57 Å².